The van der Waals surface area contributed by atoms with E-state index in [0.29, 0.717) is 5.56 Å². The maximum atomic E-state index is 11.4. The molecule has 0 saturated carbocycles. The van der Waals surface area contributed by atoms with Crippen molar-refractivity contribution in [2.24, 2.45) is 5.73 Å². The van der Waals surface area contributed by atoms with Crippen LogP contribution in [-0.2, 0) is 0 Å². The average molecular weight is 213 g/mol. The fourth-order valence-corrected chi connectivity index (χ4v) is 1.79. The second-order valence-corrected chi connectivity index (χ2v) is 3.86. The molecule has 4 N–H and O–H groups in total. The van der Waals surface area contributed by atoms with Crippen LogP contribution in [-0.4, -0.2) is 11.9 Å². The largest absolute Gasteiger partial charge is 0.350 e. The van der Waals surface area contributed by atoms with E-state index >= 15 is 0 Å². The zero-order valence-corrected chi connectivity index (χ0v) is 8.70. The van der Waals surface area contributed by atoms with E-state index in [9.17, 15) is 9.59 Å². The predicted octanol–water partition coefficient (Wildman–Crippen LogP) is 0.678. The highest BCUT2D eigenvalue weighted by molar-refractivity contribution is 7.10. The molecule has 0 aromatic carbocycles. The number of primary amides is 1. The minimum atomic E-state index is -0.789. The highest BCUT2D eigenvalue weighted by atomic mass is 32.1. The third-order valence-corrected chi connectivity index (χ3v) is 2.84. The number of hydrogen-bond donors (Lipinski definition) is 3. The maximum absolute atomic E-state index is 11.4. The molecular formula is C8H11N3O2S. The van der Waals surface area contributed by atoms with Crippen LogP contribution in [0.1, 0.15) is 20.8 Å². The van der Waals surface area contributed by atoms with Gasteiger partial charge in [0.1, 0.15) is 0 Å². The molecule has 0 saturated heterocycles. The van der Waals surface area contributed by atoms with Crippen LogP contribution in [0, 0.1) is 13.8 Å². The third-order valence-electron chi connectivity index (χ3n) is 1.83. The second-order valence-electron chi connectivity index (χ2n) is 2.77. The second kappa shape index (κ2) is 4.10. The van der Waals surface area contributed by atoms with Crippen LogP contribution in [0.25, 0.3) is 0 Å². The number of rotatable bonds is 1. The number of hydrogen-bond acceptors (Lipinski definition) is 3. The summed E-state index contributed by atoms with van der Waals surface area (Å²) in [4.78, 5) is 22.8. The first kappa shape index (κ1) is 10.5. The summed E-state index contributed by atoms with van der Waals surface area (Å²) in [5, 5.41) is 1.74. The molecule has 0 unspecified atom stereocenters. The first-order chi connectivity index (χ1) is 6.52. The molecule has 1 aromatic rings. The lowest BCUT2D eigenvalue weighted by atomic mass is 10.2. The number of carbonyl (C=O) groups excluding carboxylic acids is 2. The van der Waals surface area contributed by atoms with Crippen molar-refractivity contribution in [1.29, 1.82) is 0 Å². The van der Waals surface area contributed by atoms with E-state index in [4.69, 9.17) is 5.73 Å². The first-order valence-electron chi connectivity index (χ1n) is 3.93. The zero-order valence-electron chi connectivity index (χ0n) is 7.88. The number of hydrazine groups is 1. The summed E-state index contributed by atoms with van der Waals surface area (Å²) < 4.78 is 0. The number of urea groups is 1. The molecule has 3 amide bonds. The molecule has 0 aliphatic heterocycles. The highest BCUT2D eigenvalue weighted by Crippen LogP contribution is 2.19. The van der Waals surface area contributed by atoms with Gasteiger partial charge in [-0.2, -0.15) is 0 Å². The number of carbonyl (C=O) groups is 2. The zero-order chi connectivity index (χ0) is 10.7. The van der Waals surface area contributed by atoms with Gasteiger partial charge in [0.05, 0.1) is 5.56 Å². The van der Waals surface area contributed by atoms with Crippen molar-refractivity contribution in [3.8, 4) is 0 Å². The smallest absolute Gasteiger partial charge is 0.330 e. The molecule has 0 aliphatic rings. The Labute approximate surface area is 85.3 Å². The molecule has 6 heteroatoms. The average Bonchev–Trinajstić information content (AvgIpc) is 2.44. The topological polar surface area (TPSA) is 84.2 Å². The summed E-state index contributed by atoms with van der Waals surface area (Å²) in [5.41, 5.74) is 10.5. The predicted molar refractivity (Wildman–Crippen MR) is 54.0 cm³/mol. The van der Waals surface area contributed by atoms with Crippen LogP contribution in [0.4, 0.5) is 4.79 Å². The maximum Gasteiger partial charge on any atom is 0.330 e. The quantitative estimate of drug-likeness (QED) is 0.599. The minimum absolute atomic E-state index is 0.356. The molecule has 0 radical (unpaired) electrons. The Morgan fingerprint density at radius 2 is 2.00 bits per heavy atom. The summed E-state index contributed by atoms with van der Waals surface area (Å²) in [6.07, 6.45) is 0. The molecule has 5 nitrogen and oxygen atoms in total. The fourth-order valence-electron chi connectivity index (χ4n) is 0.923. The molecule has 0 fully saturated rings. The van der Waals surface area contributed by atoms with E-state index in [1.54, 1.807) is 5.38 Å². The molecule has 76 valence electrons. The monoisotopic (exact) mass is 213 g/mol. The minimum Gasteiger partial charge on any atom is -0.350 e. The highest BCUT2D eigenvalue weighted by Gasteiger charge is 2.11. The Hall–Kier alpha value is -1.56. The molecule has 0 atom stereocenters. The third kappa shape index (κ3) is 2.23. The number of nitrogens with two attached hydrogens (primary N) is 1. The van der Waals surface area contributed by atoms with Crippen LogP contribution in [0.15, 0.2) is 5.38 Å². The van der Waals surface area contributed by atoms with Gasteiger partial charge < -0.3 is 5.73 Å². The summed E-state index contributed by atoms with van der Waals surface area (Å²) in [6, 6.07) is -0.789. The standard InChI is InChI=1S/C8H11N3O2S/c1-4-5(2)14-3-6(4)7(12)10-11-8(9)13/h3H,1-2H3,(H,10,12)(H3,9,11,13). The fraction of sp³-hybridized carbons (Fsp3) is 0.250. The Morgan fingerprint density at radius 3 is 2.43 bits per heavy atom. The van der Waals surface area contributed by atoms with Crippen LogP contribution >= 0.6 is 11.3 Å². The number of amides is 3. The van der Waals surface area contributed by atoms with Crippen LogP contribution < -0.4 is 16.6 Å². The van der Waals surface area contributed by atoms with Crippen molar-refractivity contribution in [1.82, 2.24) is 10.9 Å². The van der Waals surface area contributed by atoms with Gasteiger partial charge in [0.2, 0.25) is 0 Å². The molecular weight excluding hydrogens is 202 g/mol. The van der Waals surface area contributed by atoms with Crippen molar-refractivity contribution in [2.75, 3.05) is 0 Å². The van der Waals surface area contributed by atoms with Gasteiger partial charge in [-0.25, -0.2) is 10.2 Å². The van der Waals surface area contributed by atoms with E-state index < -0.39 is 6.03 Å². The van der Waals surface area contributed by atoms with Crippen molar-refractivity contribution < 1.29 is 9.59 Å². The molecule has 0 aliphatic carbocycles. The van der Waals surface area contributed by atoms with E-state index in [1.165, 1.54) is 11.3 Å². The van der Waals surface area contributed by atoms with E-state index in [-0.39, 0.29) is 5.91 Å². The van der Waals surface area contributed by atoms with Gasteiger partial charge in [0.15, 0.2) is 0 Å². The van der Waals surface area contributed by atoms with Crippen LogP contribution in [0.5, 0.6) is 0 Å². The van der Waals surface area contributed by atoms with Gasteiger partial charge in [-0.1, -0.05) is 0 Å². The van der Waals surface area contributed by atoms with Crippen molar-refractivity contribution in [3.05, 3.63) is 21.4 Å². The van der Waals surface area contributed by atoms with Crippen molar-refractivity contribution in [3.63, 3.8) is 0 Å². The molecule has 1 aromatic heterocycles. The lowest BCUT2D eigenvalue weighted by Gasteiger charge is -2.03. The van der Waals surface area contributed by atoms with Crippen LogP contribution in [0.3, 0.4) is 0 Å². The van der Waals surface area contributed by atoms with E-state index in [2.05, 4.69) is 5.43 Å². The molecule has 0 spiro atoms. The Bertz CT molecular complexity index is 373. The summed E-state index contributed by atoms with van der Waals surface area (Å²) >= 11 is 1.49. The molecule has 14 heavy (non-hydrogen) atoms. The van der Waals surface area contributed by atoms with Gasteiger partial charge in [-0.05, 0) is 19.4 Å². The Balaban J connectivity index is 2.70. The van der Waals surface area contributed by atoms with Gasteiger partial charge in [-0.3, -0.25) is 10.2 Å². The normalized spacial score (nSPS) is 9.57. The summed E-state index contributed by atoms with van der Waals surface area (Å²) in [6.45, 7) is 3.78. The van der Waals surface area contributed by atoms with E-state index in [0.717, 1.165) is 10.4 Å². The molecule has 1 rings (SSSR count). The van der Waals surface area contributed by atoms with Crippen molar-refractivity contribution in [2.45, 2.75) is 13.8 Å². The first-order valence-corrected chi connectivity index (χ1v) is 4.81. The van der Waals surface area contributed by atoms with Gasteiger partial charge in [0, 0.05) is 10.3 Å². The Kier molecular flexibility index (Phi) is 3.08. The molecule has 1 heterocycles. The molecule has 0 bridgehead atoms. The SMILES string of the molecule is Cc1scc(C(=O)NNC(N)=O)c1C. The van der Waals surface area contributed by atoms with Gasteiger partial charge in [-0.15, -0.1) is 11.3 Å². The lowest BCUT2D eigenvalue weighted by molar-refractivity contribution is 0.0937. The summed E-state index contributed by atoms with van der Waals surface area (Å²) in [5.74, 6) is -0.356. The Morgan fingerprint density at radius 1 is 1.36 bits per heavy atom. The van der Waals surface area contributed by atoms with Crippen LogP contribution in [0.2, 0.25) is 0 Å². The van der Waals surface area contributed by atoms with Gasteiger partial charge >= 0.3 is 6.03 Å². The van der Waals surface area contributed by atoms with Gasteiger partial charge in [0.25, 0.3) is 5.91 Å². The number of nitrogens with one attached hydrogen (secondary N) is 2. The van der Waals surface area contributed by atoms with Crippen molar-refractivity contribution >= 4 is 23.3 Å². The van der Waals surface area contributed by atoms with E-state index in [1.807, 2.05) is 19.3 Å². The summed E-state index contributed by atoms with van der Waals surface area (Å²) in [7, 11) is 0. The number of aryl methyl sites for hydroxylation is 1. The lowest BCUT2D eigenvalue weighted by Crippen LogP contribution is -2.44. The number of thiophene rings is 1.